The number of halogens is 1. The van der Waals surface area contributed by atoms with E-state index in [1.165, 1.54) is 10.5 Å². The van der Waals surface area contributed by atoms with E-state index in [1.54, 1.807) is 4.68 Å². The maximum Gasteiger partial charge on any atom is 0.336 e. The van der Waals surface area contributed by atoms with Crippen LogP contribution in [0.3, 0.4) is 0 Å². The first-order chi connectivity index (χ1) is 24.7. The van der Waals surface area contributed by atoms with Crippen molar-refractivity contribution < 1.29 is 18.1 Å². The Labute approximate surface area is 298 Å². The van der Waals surface area contributed by atoms with E-state index in [4.69, 9.17) is 4.74 Å². The molecule has 0 radical (unpaired) electrons. The van der Waals surface area contributed by atoms with Gasteiger partial charge in [-0.25, -0.2) is 27.2 Å². The van der Waals surface area contributed by atoms with Crippen LogP contribution in [0.15, 0.2) is 102 Å². The van der Waals surface area contributed by atoms with Crippen LogP contribution in [0, 0.1) is 10.6 Å². The first kappa shape index (κ1) is 33.2. The van der Waals surface area contributed by atoms with E-state index >= 15 is 13.4 Å². The minimum atomic E-state index is -4.27. The molecule has 9 nitrogen and oxygen atoms in total. The summed E-state index contributed by atoms with van der Waals surface area (Å²) in [7, 11) is -0.353. The number of likely N-dealkylation sites (N-methyl/N-ethyl adjacent to an activating group) is 1. The van der Waals surface area contributed by atoms with E-state index in [9.17, 15) is 4.78 Å². The summed E-state index contributed by atoms with van der Waals surface area (Å²) in [5.41, 5.74) is 3.83. The third kappa shape index (κ3) is 5.33. The highest BCUT2D eigenvalue weighted by Crippen LogP contribution is 2.48. The molecule has 2 amide bonds. The van der Waals surface area contributed by atoms with Crippen LogP contribution in [0.2, 0.25) is 0 Å². The van der Waals surface area contributed by atoms with Crippen molar-refractivity contribution in [2.45, 2.75) is 61.5 Å². The minimum Gasteiger partial charge on any atom is -0.475 e. The second kappa shape index (κ2) is 13.0. The van der Waals surface area contributed by atoms with Crippen LogP contribution in [0.4, 0.5) is 14.9 Å². The molecular formula is C40H41FN6O3S. The smallest absolute Gasteiger partial charge is 0.336 e. The Hall–Kier alpha value is -5.00. The molecule has 4 aromatic carbocycles. The van der Waals surface area contributed by atoms with Crippen molar-refractivity contribution in [2.24, 2.45) is 0 Å². The molecule has 2 N–H and O–H groups in total. The Morgan fingerprint density at radius 3 is 1.84 bits per heavy atom. The zero-order chi connectivity index (χ0) is 35.3. The fourth-order valence-electron chi connectivity index (χ4n) is 8.21. The number of carbonyl (C=O) groups is 1. The van der Waals surface area contributed by atoms with Crippen LogP contribution in [-0.4, -0.2) is 56.0 Å². The molecule has 262 valence electrons. The van der Waals surface area contributed by atoms with E-state index in [0.717, 1.165) is 24.0 Å². The second-order valence-corrected chi connectivity index (χ2v) is 15.7. The van der Waals surface area contributed by atoms with E-state index in [-0.39, 0.29) is 22.6 Å². The molecule has 0 spiro atoms. The molecule has 11 heteroatoms. The summed E-state index contributed by atoms with van der Waals surface area (Å²) in [6, 6.07) is 27.6. The van der Waals surface area contributed by atoms with Crippen LogP contribution >= 0.6 is 0 Å². The molecule has 1 aromatic heterocycles. The number of fused-ring (bicyclic) bond motifs is 3. The lowest BCUT2D eigenvalue weighted by Gasteiger charge is -2.45. The summed E-state index contributed by atoms with van der Waals surface area (Å²) in [6.45, 7) is 0.779. The number of urea groups is 1. The first-order valence-electron chi connectivity index (χ1n) is 17.5. The average Bonchev–Trinajstić information content (AvgIpc) is 3.94. The number of hydrogen-bond donors (Lipinski definition) is 2. The SMILES string of the molecule is CN(C)[C@@H]1COc2c(S(=N)(=O)N(C(=O)Nc3c4c(c(F)c5c3CCC5)CCC4)C(c3ccccc3)(c3ccccc3)c3ccccc3)cnn2C1. The van der Waals surface area contributed by atoms with Gasteiger partial charge in [0.2, 0.25) is 5.88 Å². The monoisotopic (exact) mass is 704 g/mol. The van der Waals surface area contributed by atoms with Crippen molar-refractivity contribution in [1.82, 2.24) is 19.0 Å². The highest BCUT2D eigenvalue weighted by atomic mass is 32.2. The van der Waals surface area contributed by atoms with Gasteiger partial charge < -0.3 is 15.0 Å². The van der Waals surface area contributed by atoms with Crippen molar-refractivity contribution in [3.8, 4) is 5.88 Å². The fraction of sp³-hybridized carbons (Fsp3) is 0.300. The number of nitrogens with one attached hydrogen (secondary N) is 2. The van der Waals surface area contributed by atoms with Gasteiger partial charge in [-0.1, -0.05) is 91.0 Å². The predicted molar refractivity (Wildman–Crippen MR) is 195 cm³/mol. The van der Waals surface area contributed by atoms with Gasteiger partial charge in [-0.05, 0) is 91.6 Å². The molecule has 3 aliphatic rings. The lowest BCUT2D eigenvalue weighted by atomic mass is 9.77. The van der Waals surface area contributed by atoms with Gasteiger partial charge in [-0.3, -0.25) is 0 Å². The molecule has 0 saturated carbocycles. The summed E-state index contributed by atoms with van der Waals surface area (Å²) in [5.74, 6) is 0.0542. The zero-order valence-corrected chi connectivity index (χ0v) is 29.6. The Bertz CT molecular complexity index is 2080. The normalized spacial score (nSPS) is 17.6. The third-order valence-corrected chi connectivity index (χ3v) is 12.5. The number of anilines is 1. The molecule has 2 atom stereocenters. The van der Waals surface area contributed by atoms with Gasteiger partial charge in [-0.15, -0.1) is 0 Å². The number of amides is 2. The number of hydrogen-bond acceptors (Lipinski definition) is 6. The van der Waals surface area contributed by atoms with Gasteiger partial charge in [-0.2, -0.15) is 5.10 Å². The number of carbonyl (C=O) groups excluding carboxylic acids is 1. The first-order valence-corrected chi connectivity index (χ1v) is 19.0. The van der Waals surface area contributed by atoms with Crippen LogP contribution in [0.25, 0.3) is 0 Å². The van der Waals surface area contributed by atoms with Gasteiger partial charge in [0.05, 0.1) is 18.8 Å². The maximum atomic E-state index is 15.9. The van der Waals surface area contributed by atoms with Crippen molar-refractivity contribution in [2.75, 3.05) is 26.0 Å². The van der Waals surface area contributed by atoms with Crippen LogP contribution in [0.5, 0.6) is 5.88 Å². The van der Waals surface area contributed by atoms with Crippen molar-refractivity contribution in [3.63, 3.8) is 0 Å². The summed E-state index contributed by atoms with van der Waals surface area (Å²) in [5, 5.41) is 7.75. The van der Waals surface area contributed by atoms with Crippen LogP contribution < -0.4 is 10.1 Å². The Kier molecular flexibility index (Phi) is 8.42. The molecule has 51 heavy (non-hydrogen) atoms. The number of rotatable bonds is 8. The molecule has 1 aliphatic heterocycles. The molecule has 0 saturated heterocycles. The number of aromatic nitrogens is 2. The fourth-order valence-corrected chi connectivity index (χ4v) is 9.98. The largest absolute Gasteiger partial charge is 0.475 e. The number of nitrogens with zero attached hydrogens (tertiary/aromatic N) is 4. The third-order valence-electron chi connectivity index (χ3n) is 10.7. The van der Waals surface area contributed by atoms with Crippen molar-refractivity contribution in [3.05, 3.63) is 142 Å². The van der Waals surface area contributed by atoms with Crippen molar-refractivity contribution in [1.29, 1.82) is 4.78 Å². The van der Waals surface area contributed by atoms with Crippen LogP contribution in [0.1, 0.15) is 51.8 Å². The topological polar surface area (TPSA) is 104 Å². The quantitative estimate of drug-likeness (QED) is 0.167. The van der Waals surface area contributed by atoms with Crippen molar-refractivity contribution >= 4 is 21.6 Å². The second-order valence-electron chi connectivity index (χ2n) is 13.8. The lowest BCUT2D eigenvalue weighted by molar-refractivity contribution is 0.117. The number of benzene rings is 4. The van der Waals surface area contributed by atoms with E-state index < -0.39 is 21.5 Å². The maximum absolute atomic E-state index is 15.9. The zero-order valence-electron chi connectivity index (χ0n) is 28.8. The molecule has 0 fully saturated rings. The average molecular weight is 705 g/mol. The molecule has 2 aliphatic carbocycles. The summed E-state index contributed by atoms with van der Waals surface area (Å²) in [6.07, 6.45) is 5.44. The van der Waals surface area contributed by atoms with Gasteiger partial charge >= 0.3 is 6.03 Å². The summed E-state index contributed by atoms with van der Waals surface area (Å²) in [4.78, 5) is 17.6. The van der Waals surface area contributed by atoms with Crippen LogP contribution in [-0.2, 0) is 47.7 Å². The Morgan fingerprint density at radius 2 is 1.35 bits per heavy atom. The van der Waals surface area contributed by atoms with Gasteiger partial charge in [0.15, 0.2) is 9.92 Å². The molecule has 0 bridgehead atoms. The highest BCUT2D eigenvalue weighted by Gasteiger charge is 2.51. The van der Waals surface area contributed by atoms with Gasteiger partial charge in [0.25, 0.3) is 0 Å². The summed E-state index contributed by atoms with van der Waals surface area (Å²) < 4.78 is 50.8. The van der Waals surface area contributed by atoms with E-state index in [1.807, 2.05) is 110 Å². The Morgan fingerprint density at radius 1 is 0.863 bits per heavy atom. The molecule has 1 unspecified atom stereocenters. The van der Waals surface area contributed by atoms with Gasteiger partial charge in [0.1, 0.15) is 22.9 Å². The number of ether oxygens (including phenoxy) is 1. The standard InChI is InChI=1S/C40H41FN6O3S/c1-45(2)30-25-46-38(50-26-30)35(24-43-46)51(42,49)47(39(48)44-37-33-22-12-20-31(33)36(41)32-21-13-23-34(32)37)40(27-14-6-3-7-15-27,28-16-8-4-9-17-28)29-18-10-5-11-19-29/h3-11,14-19,24,30,42H,12-13,20-23,25-26H2,1-2H3,(H,44,48)/t30-,51?/m0/s1. The molecular weight excluding hydrogens is 664 g/mol. The molecule has 8 rings (SSSR count). The minimum absolute atomic E-state index is 0.0107. The predicted octanol–water partition coefficient (Wildman–Crippen LogP) is 7.17. The van der Waals surface area contributed by atoms with E-state index in [2.05, 4.69) is 10.4 Å². The Balaban J connectivity index is 1.40. The van der Waals surface area contributed by atoms with Gasteiger partial charge in [0, 0.05) is 5.69 Å². The molecule has 5 aromatic rings. The summed E-state index contributed by atoms with van der Waals surface area (Å²) >= 11 is 0. The highest BCUT2D eigenvalue weighted by molar-refractivity contribution is 7.90. The molecule has 2 heterocycles. The van der Waals surface area contributed by atoms with E-state index in [0.29, 0.717) is 72.3 Å². The lowest BCUT2D eigenvalue weighted by Crippen LogP contribution is -2.55.